The van der Waals surface area contributed by atoms with Gasteiger partial charge in [0.25, 0.3) is 5.69 Å². The number of nitrogens with zero attached hydrogens (tertiary/aromatic N) is 2. The van der Waals surface area contributed by atoms with Gasteiger partial charge in [-0.25, -0.2) is 14.6 Å². The molecule has 0 aliphatic carbocycles. The molecule has 0 bridgehead atoms. The Labute approximate surface area is 199 Å². The average Bonchev–Trinajstić information content (AvgIpc) is 3.13. The lowest BCUT2D eigenvalue weighted by Gasteiger charge is -2.14. The lowest BCUT2D eigenvalue weighted by Crippen LogP contribution is -2.15. The van der Waals surface area contributed by atoms with Gasteiger partial charge in [0.15, 0.2) is 23.8 Å². The van der Waals surface area contributed by atoms with Crippen LogP contribution in [-0.2, 0) is 19.1 Å². The molecule has 11 heteroatoms. The van der Waals surface area contributed by atoms with Crippen molar-refractivity contribution in [1.82, 2.24) is 0 Å². The van der Waals surface area contributed by atoms with Crippen molar-refractivity contribution >= 4 is 41.2 Å². The van der Waals surface area contributed by atoms with Crippen LogP contribution in [0.5, 0.6) is 11.5 Å². The maximum Gasteiger partial charge on any atom is 0.363 e. The Bertz CT molecular complexity index is 1210. The van der Waals surface area contributed by atoms with Gasteiger partial charge in [0.2, 0.25) is 5.90 Å². The molecule has 0 aromatic heterocycles. The van der Waals surface area contributed by atoms with Gasteiger partial charge in [0, 0.05) is 17.2 Å². The summed E-state index contributed by atoms with van der Waals surface area (Å²) in [6.07, 6.45) is 1.44. The van der Waals surface area contributed by atoms with Crippen LogP contribution in [0.1, 0.15) is 30.5 Å². The van der Waals surface area contributed by atoms with Crippen molar-refractivity contribution in [3.05, 3.63) is 67.9 Å². The number of benzene rings is 2. The van der Waals surface area contributed by atoms with Gasteiger partial charge in [0.05, 0.1) is 23.2 Å². The van der Waals surface area contributed by atoms with E-state index in [-0.39, 0.29) is 47.0 Å². The number of hydrogen-bond acceptors (Lipinski definition) is 9. The van der Waals surface area contributed by atoms with Gasteiger partial charge in [-0.1, -0.05) is 17.7 Å². The summed E-state index contributed by atoms with van der Waals surface area (Å²) in [5.74, 6) is -0.903. The van der Waals surface area contributed by atoms with Gasteiger partial charge in [-0.3, -0.25) is 10.1 Å². The highest BCUT2D eigenvalue weighted by molar-refractivity contribution is 6.32. The Kier molecular flexibility index (Phi) is 7.85. The highest BCUT2D eigenvalue weighted by atomic mass is 35.5. The maximum atomic E-state index is 12.4. The zero-order valence-electron chi connectivity index (χ0n) is 18.6. The summed E-state index contributed by atoms with van der Waals surface area (Å²) >= 11 is 6.34. The van der Waals surface area contributed by atoms with Crippen LogP contribution < -0.4 is 9.47 Å². The molecule has 3 rings (SSSR count). The number of nitro benzene ring substituents is 1. The van der Waals surface area contributed by atoms with Crippen molar-refractivity contribution in [1.29, 1.82) is 0 Å². The molecule has 0 unspecified atom stereocenters. The SMILES string of the molecule is CCOC(=O)COc1c(Cl)cc(/C=C2\N=C(c3cccc([N+](=O)[O-])c3C)OC2=O)cc1OCC. The van der Waals surface area contributed by atoms with Gasteiger partial charge in [-0.2, -0.15) is 0 Å². The van der Waals surface area contributed by atoms with E-state index in [4.69, 9.17) is 30.5 Å². The summed E-state index contributed by atoms with van der Waals surface area (Å²) < 4.78 is 21.1. The minimum absolute atomic E-state index is 0.0281. The van der Waals surface area contributed by atoms with E-state index < -0.39 is 16.9 Å². The quantitative estimate of drug-likeness (QED) is 0.222. The molecule has 0 fully saturated rings. The number of carbonyl (C=O) groups excluding carboxylic acids is 2. The van der Waals surface area contributed by atoms with E-state index in [1.54, 1.807) is 32.9 Å². The Morgan fingerprint density at radius 2 is 2.00 bits per heavy atom. The molecule has 34 heavy (non-hydrogen) atoms. The number of rotatable bonds is 9. The van der Waals surface area contributed by atoms with E-state index in [0.29, 0.717) is 23.3 Å². The van der Waals surface area contributed by atoms with Crippen molar-refractivity contribution in [3.63, 3.8) is 0 Å². The summed E-state index contributed by atoms with van der Waals surface area (Å²) in [4.78, 5) is 38.9. The molecule has 178 valence electrons. The molecule has 0 atom stereocenters. The molecule has 0 radical (unpaired) electrons. The zero-order chi connectivity index (χ0) is 24.8. The smallest absolute Gasteiger partial charge is 0.363 e. The van der Waals surface area contributed by atoms with Crippen molar-refractivity contribution < 1.29 is 33.5 Å². The number of halogens is 1. The predicted octanol–water partition coefficient (Wildman–Crippen LogP) is 4.24. The van der Waals surface area contributed by atoms with Gasteiger partial charge in [-0.05, 0) is 50.6 Å². The normalized spacial score (nSPS) is 13.9. The van der Waals surface area contributed by atoms with Crippen LogP contribution in [0.4, 0.5) is 5.69 Å². The molecule has 2 aromatic rings. The van der Waals surface area contributed by atoms with Crippen LogP contribution in [0.2, 0.25) is 5.02 Å². The van der Waals surface area contributed by atoms with Crippen LogP contribution in [0, 0.1) is 17.0 Å². The molecular weight excluding hydrogens is 468 g/mol. The monoisotopic (exact) mass is 488 g/mol. The fraction of sp³-hybridized carbons (Fsp3) is 0.261. The van der Waals surface area contributed by atoms with E-state index in [0.717, 1.165) is 0 Å². The number of aliphatic imine (C=N–C) groups is 1. The summed E-state index contributed by atoms with van der Waals surface area (Å²) in [7, 11) is 0. The first-order valence-corrected chi connectivity index (χ1v) is 10.6. The lowest BCUT2D eigenvalue weighted by molar-refractivity contribution is -0.385. The van der Waals surface area contributed by atoms with Crippen LogP contribution in [0.3, 0.4) is 0 Å². The molecule has 0 saturated carbocycles. The minimum atomic E-state index is -0.724. The fourth-order valence-corrected chi connectivity index (χ4v) is 3.42. The fourth-order valence-electron chi connectivity index (χ4n) is 3.14. The van der Waals surface area contributed by atoms with E-state index in [1.807, 2.05) is 0 Å². The minimum Gasteiger partial charge on any atom is -0.490 e. The molecule has 0 saturated heterocycles. The standard InChI is InChI=1S/C23H21ClN2O8/c1-4-31-19-11-14(9-16(24)21(19)33-12-20(27)32-5-2)10-17-23(28)34-22(25-17)15-7-6-8-18(13(15)3)26(29)30/h6-11H,4-5,12H2,1-3H3/b17-10-. The summed E-state index contributed by atoms with van der Waals surface area (Å²) in [6.45, 7) is 5.16. The highest BCUT2D eigenvalue weighted by Gasteiger charge is 2.27. The predicted molar refractivity (Wildman–Crippen MR) is 123 cm³/mol. The summed E-state index contributed by atoms with van der Waals surface area (Å²) in [5, 5.41) is 11.4. The van der Waals surface area contributed by atoms with E-state index in [2.05, 4.69) is 4.99 Å². The van der Waals surface area contributed by atoms with Crippen LogP contribution in [-0.4, -0.2) is 42.6 Å². The third kappa shape index (κ3) is 5.52. The van der Waals surface area contributed by atoms with E-state index >= 15 is 0 Å². The van der Waals surface area contributed by atoms with Gasteiger partial charge in [0.1, 0.15) is 0 Å². The van der Waals surface area contributed by atoms with Crippen LogP contribution in [0.15, 0.2) is 41.0 Å². The number of esters is 2. The van der Waals surface area contributed by atoms with Crippen molar-refractivity contribution in [3.8, 4) is 11.5 Å². The Hall–Kier alpha value is -3.92. The van der Waals surface area contributed by atoms with Gasteiger partial charge < -0.3 is 18.9 Å². The Balaban J connectivity index is 1.94. The second kappa shape index (κ2) is 10.8. The zero-order valence-corrected chi connectivity index (χ0v) is 19.4. The second-order valence-electron chi connectivity index (χ2n) is 6.90. The topological polar surface area (TPSA) is 127 Å². The van der Waals surface area contributed by atoms with Crippen molar-refractivity contribution in [2.45, 2.75) is 20.8 Å². The largest absolute Gasteiger partial charge is 0.490 e. The number of ether oxygens (including phenoxy) is 4. The maximum absolute atomic E-state index is 12.4. The Morgan fingerprint density at radius 1 is 1.24 bits per heavy atom. The summed E-state index contributed by atoms with van der Waals surface area (Å²) in [6, 6.07) is 7.51. The molecule has 1 aliphatic rings. The van der Waals surface area contributed by atoms with Crippen LogP contribution >= 0.6 is 11.6 Å². The molecule has 0 amide bonds. The third-order valence-corrected chi connectivity index (χ3v) is 4.91. The number of carbonyl (C=O) groups is 2. The average molecular weight is 489 g/mol. The van der Waals surface area contributed by atoms with Crippen molar-refractivity contribution in [2.24, 2.45) is 4.99 Å². The molecule has 10 nitrogen and oxygen atoms in total. The van der Waals surface area contributed by atoms with Gasteiger partial charge >= 0.3 is 11.9 Å². The number of nitro groups is 1. The van der Waals surface area contributed by atoms with Crippen LogP contribution in [0.25, 0.3) is 6.08 Å². The molecule has 0 N–H and O–H groups in total. The number of hydrogen-bond donors (Lipinski definition) is 0. The molecule has 0 spiro atoms. The molecular formula is C23H21ClN2O8. The van der Waals surface area contributed by atoms with E-state index in [1.165, 1.54) is 24.3 Å². The highest BCUT2D eigenvalue weighted by Crippen LogP contribution is 2.38. The van der Waals surface area contributed by atoms with Gasteiger partial charge in [-0.15, -0.1) is 0 Å². The lowest BCUT2D eigenvalue weighted by atomic mass is 10.1. The first-order chi connectivity index (χ1) is 16.2. The Morgan fingerprint density at radius 3 is 2.68 bits per heavy atom. The van der Waals surface area contributed by atoms with Crippen molar-refractivity contribution in [2.75, 3.05) is 19.8 Å². The third-order valence-electron chi connectivity index (χ3n) is 4.63. The number of cyclic esters (lactones) is 1. The molecule has 1 aliphatic heterocycles. The molecule has 2 aromatic carbocycles. The summed E-state index contributed by atoms with van der Waals surface area (Å²) in [5.41, 5.74) is 0.983. The first kappa shape index (κ1) is 24.7. The second-order valence-corrected chi connectivity index (χ2v) is 7.31. The van der Waals surface area contributed by atoms with E-state index in [9.17, 15) is 19.7 Å². The first-order valence-electron chi connectivity index (χ1n) is 10.3. The molecule has 1 heterocycles.